The van der Waals surface area contributed by atoms with E-state index in [4.69, 9.17) is 11.6 Å². The van der Waals surface area contributed by atoms with Crippen LogP contribution >= 0.6 is 39.3 Å². The number of halogens is 2. The van der Waals surface area contributed by atoms with Gasteiger partial charge in [-0.05, 0) is 36.6 Å². The quantitative estimate of drug-likeness (QED) is 0.447. The molecule has 0 saturated heterocycles. The molecule has 0 spiro atoms. The number of hydrogen-bond donors (Lipinski definition) is 0. The lowest BCUT2D eigenvalue weighted by molar-refractivity contribution is 1.22. The fraction of sp³-hybridized carbons (Fsp3) is 0.0667. The Hall–Kier alpha value is -1.10. The maximum absolute atomic E-state index is 6.27. The van der Waals surface area contributed by atoms with Gasteiger partial charge in [0.25, 0.3) is 0 Å². The van der Waals surface area contributed by atoms with Crippen LogP contribution in [0.1, 0.15) is 0 Å². The smallest absolute Gasteiger partial charge is 0.161 e. The minimum Gasteiger partial charge on any atom is -0.228 e. The largest absolute Gasteiger partial charge is 0.228 e. The summed E-state index contributed by atoms with van der Waals surface area (Å²) in [5.74, 6) is 0.650. The second-order valence-corrected chi connectivity index (χ2v) is 6.38. The zero-order chi connectivity index (χ0) is 14.1. The van der Waals surface area contributed by atoms with Gasteiger partial charge in [0.1, 0.15) is 5.15 Å². The van der Waals surface area contributed by atoms with Crippen LogP contribution in [0.4, 0.5) is 0 Å². The molecule has 3 aromatic rings. The Morgan fingerprint density at radius 3 is 2.50 bits per heavy atom. The Kier molecular flexibility index (Phi) is 3.96. The third-order valence-corrected chi connectivity index (χ3v) is 4.48. The first-order valence-corrected chi connectivity index (χ1v) is 8.34. The van der Waals surface area contributed by atoms with Crippen LogP contribution in [-0.2, 0) is 0 Å². The lowest BCUT2D eigenvalue weighted by Crippen LogP contribution is -1.92. The molecule has 0 aliphatic rings. The Morgan fingerprint density at radius 1 is 1.05 bits per heavy atom. The van der Waals surface area contributed by atoms with Gasteiger partial charge in [-0.3, -0.25) is 0 Å². The van der Waals surface area contributed by atoms with Gasteiger partial charge in [-0.1, -0.05) is 39.7 Å². The summed E-state index contributed by atoms with van der Waals surface area (Å²) < 4.78 is 0.965. The first-order chi connectivity index (χ1) is 9.67. The molecular formula is C15H10BrClN2S. The highest BCUT2D eigenvalue weighted by atomic mass is 79.9. The molecule has 0 aliphatic heterocycles. The van der Waals surface area contributed by atoms with Crippen molar-refractivity contribution in [3.63, 3.8) is 0 Å². The summed E-state index contributed by atoms with van der Waals surface area (Å²) in [6.07, 6.45) is 2.05. The van der Waals surface area contributed by atoms with Crippen LogP contribution in [0.15, 0.2) is 51.8 Å². The van der Waals surface area contributed by atoms with Crippen LogP contribution in [-0.4, -0.2) is 16.2 Å². The van der Waals surface area contributed by atoms with E-state index in [1.165, 1.54) is 4.90 Å². The normalized spacial score (nSPS) is 10.9. The summed E-state index contributed by atoms with van der Waals surface area (Å²) in [5, 5.41) is 1.32. The summed E-state index contributed by atoms with van der Waals surface area (Å²) in [7, 11) is 0. The van der Waals surface area contributed by atoms with E-state index in [-0.39, 0.29) is 0 Å². The number of rotatable bonds is 2. The van der Waals surface area contributed by atoms with Crippen LogP contribution in [0.25, 0.3) is 22.3 Å². The summed E-state index contributed by atoms with van der Waals surface area (Å²) in [5.41, 5.74) is 1.81. The van der Waals surface area contributed by atoms with Crippen LogP contribution in [0.5, 0.6) is 0 Å². The Labute approximate surface area is 134 Å². The highest BCUT2D eigenvalue weighted by molar-refractivity contribution is 9.10. The number of benzene rings is 2. The first kappa shape index (κ1) is 13.9. The number of aromatic nitrogens is 2. The number of hydrogen-bond acceptors (Lipinski definition) is 3. The minimum absolute atomic E-state index is 0.472. The van der Waals surface area contributed by atoms with Gasteiger partial charge in [0.15, 0.2) is 5.82 Å². The van der Waals surface area contributed by atoms with E-state index in [9.17, 15) is 0 Å². The van der Waals surface area contributed by atoms with Crippen LogP contribution in [0, 0.1) is 0 Å². The molecule has 100 valence electrons. The van der Waals surface area contributed by atoms with Crippen LogP contribution < -0.4 is 0 Å². The Balaban J connectivity index is 2.14. The van der Waals surface area contributed by atoms with Gasteiger partial charge in [-0.15, -0.1) is 11.8 Å². The summed E-state index contributed by atoms with van der Waals surface area (Å²) in [4.78, 5) is 10.2. The maximum atomic E-state index is 6.27. The molecule has 0 fully saturated rings. The monoisotopic (exact) mass is 364 g/mol. The van der Waals surface area contributed by atoms with Gasteiger partial charge in [0.2, 0.25) is 0 Å². The molecule has 2 aromatic carbocycles. The molecule has 0 radical (unpaired) electrons. The van der Waals surface area contributed by atoms with E-state index in [1.807, 2.05) is 30.3 Å². The van der Waals surface area contributed by atoms with Crippen molar-refractivity contribution in [1.29, 1.82) is 0 Å². The van der Waals surface area contributed by atoms with E-state index >= 15 is 0 Å². The zero-order valence-electron chi connectivity index (χ0n) is 10.6. The highest BCUT2D eigenvalue weighted by Crippen LogP contribution is 2.28. The van der Waals surface area contributed by atoms with Crippen molar-refractivity contribution in [3.05, 3.63) is 52.1 Å². The Morgan fingerprint density at radius 2 is 1.80 bits per heavy atom. The lowest BCUT2D eigenvalue weighted by Gasteiger charge is -2.05. The second kappa shape index (κ2) is 5.72. The summed E-state index contributed by atoms with van der Waals surface area (Å²) in [6, 6.07) is 14.0. The van der Waals surface area contributed by atoms with Crippen molar-refractivity contribution in [2.45, 2.75) is 4.90 Å². The fourth-order valence-electron chi connectivity index (χ4n) is 1.93. The highest BCUT2D eigenvalue weighted by Gasteiger charge is 2.08. The van der Waals surface area contributed by atoms with Crippen molar-refractivity contribution < 1.29 is 0 Å². The molecule has 1 heterocycles. The van der Waals surface area contributed by atoms with E-state index in [1.54, 1.807) is 11.8 Å². The zero-order valence-corrected chi connectivity index (χ0v) is 13.8. The number of nitrogens with zero attached hydrogens (tertiary/aromatic N) is 2. The Bertz CT molecular complexity index is 775. The third-order valence-electron chi connectivity index (χ3n) is 2.96. The fourth-order valence-corrected chi connectivity index (χ4v) is 2.93. The van der Waals surface area contributed by atoms with Crippen molar-refractivity contribution in [1.82, 2.24) is 9.97 Å². The molecule has 0 aliphatic carbocycles. The molecule has 0 atom stereocenters. The first-order valence-electron chi connectivity index (χ1n) is 5.94. The number of thioether (sulfide) groups is 1. The molecule has 20 heavy (non-hydrogen) atoms. The lowest BCUT2D eigenvalue weighted by atomic mass is 10.2. The predicted octanol–water partition coefficient (Wildman–Crippen LogP) is 5.43. The van der Waals surface area contributed by atoms with Crippen LogP contribution in [0.2, 0.25) is 5.15 Å². The average Bonchev–Trinajstić information content (AvgIpc) is 2.48. The van der Waals surface area contributed by atoms with E-state index in [0.717, 1.165) is 20.9 Å². The van der Waals surface area contributed by atoms with Gasteiger partial charge in [0.05, 0.1) is 5.52 Å². The van der Waals surface area contributed by atoms with Crippen molar-refractivity contribution in [2.75, 3.05) is 6.26 Å². The topological polar surface area (TPSA) is 25.8 Å². The molecule has 0 saturated carbocycles. The van der Waals surface area contributed by atoms with Gasteiger partial charge < -0.3 is 0 Å². The van der Waals surface area contributed by atoms with Gasteiger partial charge >= 0.3 is 0 Å². The van der Waals surface area contributed by atoms with E-state index < -0.39 is 0 Å². The average molecular weight is 366 g/mol. The molecule has 0 unspecified atom stereocenters. The minimum atomic E-state index is 0.472. The summed E-state index contributed by atoms with van der Waals surface area (Å²) >= 11 is 11.4. The van der Waals surface area contributed by atoms with E-state index in [2.05, 4.69) is 44.3 Å². The van der Waals surface area contributed by atoms with Crippen LogP contribution in [0.3, 0.4) is 0 Å². The molecular weight excluding hydrogens is 356 g/mol. The van der Waals surface area contributed by atoms with Crippen molar-refractivity contribution >= 4 is 50.2 Å². The van der Waals surface area contributed by atoms with E-state index in [0.29, 0.717) is 11.0 Å². The van der Waals surface area contributed by atoms with Crippen molar-refractivity contribution in [2.24, 2.45) is 0 Å². The molecule has 1 aromatic heterocycles. The predicted molar refractivity (Wildman–Crippen MR) is 89.5 cm³/mol. The molecule has 3 rings (SSSR count). The third kappa shape index (κ3) is 2.68. The molecule has 0 amide bonds. The molecule has 0 N–H and O–H groups in total. The molecule has 0 bridgehead atoms. The molecule has 2 nitrogen and oxygen atoms in total. The number of fused-ring (bicyclic) bond motifs is 1. The standard InChI is InChI=1S/C15H10BrClN2S/c1-20-11-5-2-9(3-6-11)15-18-13-7-4-10(16)8-12(13)14(17)19-15/h2-8H,1H3. The van der Waals surface area contributed by atoms with Crippen molar-refractivity contribution in [3.8, 4) is 11.4 Å². The maximum Gasteiger partial charge on any atom is 0.161 e. The van der Waals surface area contributed by atoms with Gasteiger partial charge in [-0.25, -0.2) is 9.97 Å². The van der Waals surface area contributed by atoms with Gasteiger partial charge in [0, 0.05) is 20.3 Å². The van der Waals surface area contributed by atoms with Gasteiger partial charge in [-0.2, -0.15) is 0 Å². The summed E-state index contributed by atoms with van der Waals surface area (Å²) in [6.45, 7) is 0. The second-order valence-electron chi connectivity index (χ2n) is 4.23. The molecule has 5 heteroatoms. The SMILES string of the molecule is CSc1ccc(-c2nc(Cl)c3cc(Br)ccc3n2)cc1.